The largest absolute Gasteiger partial charge is 0.391 e. The second kappa shape index (κ2) is 6.91. The smallest absolute Gasteiger partial charge is 0.0695 e. The average Bonchev–Trinajstić information content (AvgIpc) is 2.41. The minimum atomic E-state index is -0.0787. The van der Waals surface area contributed by atoms with Gasteiger partial charge in [-0.05, 0) is 45.1 Å². The summed E-state index contributed by atoms with van der Waals surface area (Å²) in [5.41, 5.74) is 0. The first kappa shape index (κ1) is 14.3. The van der Waals surface area contributed by atoms with Crippen LogP contribution in [0.5, 0.6) is 0 Å². The number of nitrogens with zero attached hydrogens (tertiary/aromatic N) is 1. The van der Waals surface area contributed by atoms with Gasteiger partial charge in [0.05, 0.1) is 6.10 Å². The van der Waals surface area contributed by atoms with Gasteiger partial charge in [0.2, 0.25) is 0 Å². The molecule has 0 aromatic carbocycles. The monoisotopic (exact) mass is 253 g/mol. The van der Waals surface area contributed by atoms with Gasteiger partial charge in [0.15, 0.2) is 0 Å². The topological polar surface area (TPSA) is 23.5 Å². The number of likely N-dealkylation sites (N-methyl/N-ethyl adjacent to an activating group) is 1. The van der Waals surface area contributed by atoms with Crippen molar-refractivity contribution >= 4 is 0 Å². The molecule has 0 amide bonds. The molecule has 0 aromatic heterocycles. The van der Waals surface area contributed by atoms with Crippen LogP contribution < -0.4 is 0 Å². The Labute approximate surface area is 113 Å². The third-order valence-electron chi connectivity index (χ3n) is 5.26. The Balaban J connectivity index is 1.91. The van der Waals surface area contributed by atoms with Crippen molar-refractivity contribution in [3.63, 3.8) is 0 Å². The molecular formula is C16H31NO. The standard InChI is InChI=1S/C16H31NO/c1-3-7-13-10-11-16(18)15(12-13)17(2)14-8-5-4-6-9-14/h13-16,18H,3-12H2,1-2H3. The average molecular weight is 253 g/mol. The molecule has 1 N–H and O–H groups in total. The van der Waals surface area contributed by atoms with Crippen LogP contribution in [0.1, 0.15) is 71.1 Å². The van der Waals surface area contributed by atoms with E-state index >= 15 is 0 Å². The molecule has 0 heterocycles. The summed E-state index contributed by atoms with van der Waals surface area (Å²) < 4.78 is 0. The van der Waals surface area contributed by atoms with Crippen molar-refractivity contribution < 1.29 is 5.11 Å². The summed E-state index contributed by atoms with van der Waals surface area (Å²) >= 11 is 0. The van der Waals surface area contributed by atoms with Crippen LogP contribution in [-0.4, -0.2) is 35.2 Å². The molecule has 0 spiro atoms. The highest BCUT2D eigenvalue weighted by atomic mass is 16.3. The molecular weight excluding hydrogens is 222 g/mol. The Bertz CT molecular complexity index is 237. The number of aliphatic hydroxyl groups excluding tert-OH is 1. The van der Waals surface area contributed by atoms with Crippen molar-refractivity contribution in [2.24, 2.45) is 5.92 Å². The Hall–Kier alpha value is -0.0800. The zero-order valence-corrected chi connectivity index (χ0v) is 12.3. The zero-order chi connectivity index (χ0) is 13.0. The van der Waals surface area contributed by atoms with Gasteiger partial charge in [-0.1, -0.05) is 39.0 Å². The third kappa shape index (κ3) is 3.48. The summed E-state index contributed by atoms with van der Waals surface area (Å²) in [4.78, 5) is 2.53. The van der Waals surface area contributed by atoms with Crippen LogP contribution >= 0.6 is 0 Å². The molecule has 2 aliphatic rings. The van der Waals surface area contributed by atoms with Gasteiger partial charge in [-0.2, -0.15) is 0 Å². The number of hydrogen-bond donors (Lipinski definition) is 1. The Morgan fingerprint density at radius 1 is 1.06 bits per heavy atom. The molecule has 2 saturated carbocycles. The fourth-order valence-corrected chi connectivity index (χ4v) is 4.08. The first-order valence-corrected chi connectivity index (χ1v) is 8.12. The highest BCUT2D eigenvalue weighted by molar-refractivity contribution is 4.89. The zero-order valence-electron chi connectivity index (χ0n) is 12.3. The maximum absolute atomic E-state index is 10.3. The van der Waals surface area contributed by atoms with E-state index < -0.39 is 0 Å². The molecule has 2 heteroatoms. The normalized spacial score (nSPS) is 35.0. The lowest BCUT2D eigenvalue weighted by atomic mass is 9.80. The first-order chi connectivity index (χ1) is 8.72. The minimum Gasteiger partial charge on any atom is -0.391 e. The second-order valence-electron chi connectivity index (χ2n) is 6.56. The first-order valence-electron chi connectivity index (χ1n) is 8.12. The van der Waals surface area contributed by atoms with Gasteiger partial charge in [-0.25, -0.2) is 0 Å². The lowest BCUT2D eigenvalue weighted by Crippen LogP contribution is -2.50. The molecule has 0 bridgehead atoms. The number of rotatable bonds is 4. The molecule has 3 unspecified atom stereocenters. The molecule has 2 nitrogen and oxygen atoms in total. The van der Waals surface area contributed by atoms with Crippen LogP contribution in [0.15, 0.2) is 0 Å². The van der Waals surface area contributed by atoms with E-state index in [2.05, 4.69) is 18.9 Å². The summed E-state index contributed by atoms with van der Waals surface area (Å²) in [6.07, 6.45) is 12.9. The summed E-state index contributed by atoms with van der Waals surface area (Å²) in [5, 5.41) is 10.3. The molecule has 2 aliphatic carbocycles. The summed E-state index contributed by atoms with van der Waals surface area (Å²) in [5.74, 6) is 0.856. The van der Waals surface area contributed by atoms with Crippen molar-refractivity contribution in [2.75, 3.05) is 7.05 Å². The van der Waals surface area contributed by atoms with Crippen molar-refractivity contribution in [1.82, 2.24) is 4.90 Å². The van der Waals surface area contributed by atoms with Crippen LogP contribution in [0.25, 0.3) is 0 Å². The maximum Gasteiger partial charge on any atom is 0.0695 e. The lowest BCUT2D eigenvalue weighted by Gasteiger charge is -2.43. The van der Waals surface area contributed by atoms with Crippen molar-refractivity contribution in [3.05, 3.63) is 0 Å². The Morgan fingerprint density at radius 2 is 1.78 bits per heavy atom. The van der Waals surface area contributed by atoms with Crippen LogP contribution in [0.4, 0.5) is 0 Å². The van der Waals surface area contributed by atoms with Crippen molar-refractivity contribution in [3.8, 4) is 0 Å². The molecule has 2 rings (SSSR count). The van der Waals surface area contributed by atoms with E-state index in [9.17, 15) is 5.11 Å². The lowest BCUT2D eigenvalue weighted by molar-refractivity contribution is -0.0112. The Kier molecular flexibility index (Phi) is 5.50. The molecule has 18 heavy (non-hydrogen) atoms. The van der Waals surface area contributed by atoms with Gasteiger partial charge in [0, 0.05) is 12.1 Å². The summed E-state index contributed by atoms with van der Waals surface area (Å²) in [6, 6.07) is 1.16. The van der Waals surface area contributed by atoms with Gasteiger partial charge >= 0.3 is 0 Å². The third-order valence-corrected chi connectivity index (χ3v) is 5.26. The van der Waals surface area contributed by atoms with Gasteiger partial charge in [0.25, 0.3) is 0 Å². The van der Waals surface area contributed by atoms with E-state index in [-0.39, 0.29) is 6.10 Å². The number of hydrogen-bond acceptors (Lipinski definition) is 2. The molecule has 106 valence electrons. The highest BCUT2D eigenvalue weighted by Crippen LogP contribution is 2.33. The van der Waals surface area contributed by atoms with E-state index in [4.69, 9.17) is 0 Å². The quantitative estimate of drug-likeness (QED) is 0.828. The number of aliphatic hydroxyl groups is 1. The van der Waals surface area contributed by atoms with E-state index in [0.29, 0.717) is 6.04 Å². The predicted octanol–water partition coefficient (Wildman–Crippen LogP) is 3.58. The second-order valence-corrected chi connectivity index (χ2v) is 6.56. The highest BCUT2D eigenvalue weighted by Gasteiger charge is 2.34. The molecule has 0 aliphatic heterocycles. The van der Waals surface area contributed by atoms with E-state index in [1.807, 2.05) is 0 Å². The Morgan fingerprint density at radius 3 is 2.44 bits per heavy atom. The molecule has 2 fully saturated rings. The van der Waals surface area contributed by atoms with Crippen LogP contribution in [-0.2, 0) is 0 Å². The van der Waals surface area contributed by atoms with Crippen molar-refractivity contribution in [2.45, 2.75) is 89.3 Å². The summed E-state index contributed by atoms with van der Waals surface area (Å²) in [6.45, 7) is 2.28. The van der Waals surface area contributed by atoms with Crippen LogP contribution in [0.3, 0.4) is 0 Å². The van der Waals surface area contributed by atoms with Gasteiger partial charge in [-0.15, -0.1) is 0 Å². The van der Waals surface area contributed by atoms with Gasteiger partial charge in [0.1, 0.15) is 0 Å². The molecule has 0 aromatic rings. The minimum absolute atomic E-state index is 0.0787. The van der Waals surface area contributed by atoms with Gasteiger partial charge < -0.3 is 5.11 Å². The molecule has 0 saturated heterocycles. The fourth-order valence-electron chi connectivity index (χ4n) is 4.08. The SMILES string of the molecule is CCCC1CCC(O)C(N(C)C2CCCCC2)C1. The molecule has 0 radical (unpaired) electrons. The van der Waals surface area contributed by atoms with Crippen molar-refractivity contribution in [1.29, 1.82) is 0 Å². The van der Waals surface area contributed by atoms with Gasteiger partial charge in [-0.3, -0.25) is 4.90 Å². The van der Waals surface area contributed by atoms with E-state index in [0.717, 1.165) is 18.4 Å². The molecule has 3 atom stereocenters. The van der Waals surface area contributed by atoms with Crippen LogP contribution in [0.2, 0.25) is 0 Å². The van der Waals surface area contributed by atoms with Crippen LogP contribution in [0, 0.1) is 5.92 Å². The fraction of sp³-hybridized carbons (Fsp3) is 1.00. The van der Waals surface area contributed by atoms with E-state index in [1.54, 1.807) is 0 Å². The maximum atomic E-state index is 10.3. The van der Waals surface area contributed by atoms with E-state index in [1.165, 1.54) is 57.8 Å². The summed E-state index contributed by atoms with van der Waals surface area (Å²) in [7, 11) is 2.26. The predicted molar refractivity (Wildman–Crippen MR) is 76.7 cm³/mol.